The molecule has 4 atom stereocenters. The van der Waals surface area contributed by atoms with Crippen LogP contribution in [0.15, 0.2) is 78.9 Å². The molecule has 3 aromatic carbocycles. The molecule has 1 aliphatic rings. The van der Waals surface area contributed by atoms with Crippen molar-refractivity contribution in [2.45, 2.75) is 59.4 Å². The maximum absolute atomic E-state index is 12.2. The first-order valence-corrected chi connectivity index (χ1v) is 14.4. The van der Waals surface area contributed by atoms with Gasteiger partial charge in [0.15, 0.2) is 0 Å². The van der Waals surface area contributed by atoms with Crippen molar-refractivity contribution < 1.29 is 38.9 Å². The highest BCUT2D eigenvalue weighted by Crippen LogP contribution is 2.19. The van der Waals surface area contributed by atoms with Gasteiger partial charge < -0.3 is 25.0 Å². The summed E-state index contributed by atoms with van der Waals surface area (Å²) in [6.45, 7) is 9.42. The van der Waals surface area contributed by atoms with E-state index < -0.39 is 36.1 Å². The van der Waals surface area contributed by atoms with E-state index in [9.17, 15) is 29.4 Å². The molecule has 0 bridgehead atoms. The predicted octanol–water partition coefficient (Wildman–Crippen LogP) is 4.98. The van der Waals surface area contributed by atoms with Crippen molar-refractivity contribution >= 4 is 23.9 Å². The van der Waals surface area contributed by atoms with Crippen LogP contribution in [-0.4, -0.2) is 77.4 Å². The number of carboxylic acids is 2. The van der Waals surface area contributed by atoms with E-state index in [0.717, 1.165) is 23.6 Å². The molecule has 3 aromatic rings. The van der Waals surface area contributed by atoms with Crippen LogP contribution in [-0.2, 0) is 25.6 Å². The summed E-state index contributed by atoms with van der Waals surface area (Å²) in [4.78, 5) is 49.9. The van der Waals surface area contributed by atoms with Crippen molar-refractivity contribution in [2.24, 2.45) is 5.92 Å². The highest BCUT2D eigenvalue weighted by atomic mass is 16.6. The summed E-state index contributed by atoms with van der Waals surface area (Å²) >= 11 is 0. The Morgan fingerprint density at radius 1 is 0.800 bits per heavy atom. The first kappa shape index (κ1) is 36.7. The number of likely N-dealkylation sites (N-methyl/N-ethyl adjacent to an activating group) is 1. The summed E-state index contributed by atoms with van der Waals surface area (Å²) in [5.74, 6) is -4.82. The Morgan fingerprint density at radius 2 is 1.24 bits per heavy atom. The van der Waals surface area contributed by atoms with Crippen LogP contribution in [0.5, 0.6) is 0 Å². The Kier molecular flexibility index (Phi) is 14.4. The number of carbonyl (C=O) groups excluding carboxylic acids is 2. The van der Waals surface area contributed by atoms with E-state index in [4.69, 9.17) is 9.47 Å². The molecule has 1 aliphatic heterocycles. The quantitative estimate of drug-likeness (QED) is 0.266. The summed E-state index contributed by atoms with van der Waals surface area (Å²) in [6.07, 6.45) is -3.14. The number of aliphatic carboxylic acids is 2. The average molecular weight is 621 g/mol. The van der Waals surface area contributed by atoms with Gasteiger partial charge >= 0.3 is 23.9 Å². The Balaban J connectivity index is 0.000000351. The molecule has 0 amide bonds. The van der Waals surface area contributed by atoms with Crippen LogP contribution in [0.2, 0.25) is 0 Å². The fourth-order valence-electron chi connectivity index (χ4n) is 4.73. The molecule has 0 aliphatic carbocycles. The van der Waals surface area contributed by atoms with Gasteiger partial charge in [0.25, 0.3) is 0 Å². The molecular weight excluding hydrogens is 576 g/mol. The maximum Gasteiger partial charge on any atom is 0.349 e. The van der Waals surface area contributed by atoms with Gasteiger partial charge in [-0.25, -0.2) is 19.2 Å². The van der Waals surface area contributed by atoms with Crippen LogP contribution in [0.25, 0.3) is 0 Å². The molecule has 4 rings (SSSR count). The van der Waals surface area contributed by atoms with Crippen molar-refractivity contribution in [1.29, 1.82) is 0 Å². The number of benzene rings is 3. The number of ether oxygens (including phenoxy) is 2. The van der Waals surface area contributed by atoms with Crippen molar-refractivity contribution in [3.8, 4) is 0 Å². The number of esters is 2. The summed E-state index contributed by atoms with van der Waals surface area (Å²) in [7, 11) is 2.08. The Bertz CT molecular complexity index is 1320. The molecule has 1 heterocycles. The summed E-state index contributed by atoms with van der Waals surface area (Å²) in [5, 5.41) is 22.1. The van der Waals surface area contributed by atoms with Gasteiger partial charge in [0, 0.05) is 19.1 Å². The zero-order valence-corrected chi connectivity index (χ0v) is 25.4. The van der Waals surface area contributed by atoms with Crippen LogP contribution in [0.4, 0.5) is 0 Å². The lowest BCUT2D eigenvalue weighted by molar-refractivity contribution is -0.166. The molecule has 242 valence electrons. The Labute approximate surface area is 265 Å². The SMILES string of the molecule is C.CNC1CN(Cc2ccccc2)CC[C@H]1C.Cc1ccc(C(=O)OC(C(=O)O)C(OC(=O)c2ccc(C)cc2)C(=O)O)cc1. The fraction of sp³-hybridized carbons (Fsp3) is 0.371. The zero-order valence-electron chi connectivity index (χ0n) is 25.4. The lowest BCUT2D eigenvalue weighted by Crippen LogP contribution is -2.48. The number of likely N-dealkylation sites (tertiary alicyclic amines) is 1. The molecule has 1 fully saturated rings. The highest BCUT2D eigenvalue weighted by molar-refractivity contribution is 5.95. The van der Waals surface area contributed by atoms with Crippen LogP contribution in [0.1, 0.15) is 58.2 Å². The maximum atomic E-state index is 12.2. The van der Waals surface area contributed by atoms with Crippen LogP contribution in [0.3, 0.4) is 0 Å². The lowest BCUT2D eigenvalue weighted by atomic mass is 9.93. The number of piperidine rings is 1. The molecule has 0 saturated carbocycles. The van der Waals surface area contributed by atoms with Gasteiger partial charge in [-0.05, 0) is 69.6 Å². The van der Waals surface area contributed by atoms with Gasteiger partial charge in [0.1, 0.15) is 0 Å². The summed E-state index contributed by atoms with van der Waals surface area (Å²) in [5.41, 5.74) is 3.21. The molecule has 0 radical (unpaired) electrons. The normalized spacial score (nSPS) is 17.3. The van der Waals surface area contributed by atoms with E-state index in [2.05, 4.69) is 54.5 Å². The van der Waals surface area contributed by atoms with Crippen molar-refractivity contribution in [2.75, 3.05) is 20.1 Å². The molecule has 0 aromatic heterocycles. The van der Waals surface area contributed by atoms with Crippen LogP contribution < -0.4 is 5.32 Å². The predicted molar refractivity (Wildman–Crippen MR) is 171 cm³/mol. The van der Waals surface area contributed by atoms with E-state index in [1.807, 2.05) is 0 Å². The first-order chi connectivity index (χ1) is 21.0. The molecular formula is C35H44N2O8. The molecule has 1 saturated heterocycles. The first-order valence-electron chi connectivity index (χ1n) is 14.4. The van der Waals surface area contributed by atoms with E-state index in [1.54, 1.807) is 38.1 Å². The van der Waals surface area contributed by atoms with Gasteiger partial charge in [-0.1, -0.05) is 80.1 Å². The van der Waals surface area contributed by atoms with Gasteiger partial charge in [-0.3, -0.25) is 4.90 Å². The number of nitrogens with zero attached hydrogens (tertiary/aromatic N) is 1. The van der Waals surface area contributed by atoms with Crippen LogP contribution in [0, 0.1) is 19.8 Å². The number of carbonyl (C=O) groups is 4. The minimum atomic E-state index is -2.22. The van der Waals surface area contributed by atoms with Crippen molar-refractivity contribution in [3.63, 3.8) is 0 Å². The molecule has 3 N–H and O–H groups in total. The third kappa shape index (κ3) is 11.2. The fourth-order valence-corrected chi connectivity index (χ4v) is 4.73. The van der Waals surface area contributed by atoms with Crippen molar-refractivity contribution in [3.05, 3.63) is 107 Å². The van der Waals surface area contributed by atoms with Gasteiger partial charge in [-0.2, -0.15) is 0 Å². The number of carboxylic acid groups (broad SMARTS) is 2. The Hall–Kier alpha value is -4.54. The zero-order chi connectivity index (χ0) is 32.2. The smallest absolute Gasteiger partial charge is 0.349 e. The molecule has 3 unspecified atom stereocenters. The van der Waals surface area contributed by atoms with Gasteiger partial charge in [0.2, 0.25) is 12.2 Å². The lowest BCUT2D eigenvalue weighted by Gasteiger charge is -2.37. The highest BCUT2D eigenvalue weighted by Gasteiger charge is 2.41. The third-order valence-corrected chi connectivity index (χ3v) is 7.47. The summed E-state index contributed by atoms with van der Waals surface area (Å²) < 4.78 is 9.64. The number of aryl methyl sites for hydroxylation is 2. The molecule has 45 heavy (non-hydrogen) atoms. The number of hydrogen-bond donors (Lipinski definition) is 3. The van der Waals surface area contributed by atoms with Crippen molar-refractivity contribution in [1.82, 2.24) is 10.2 Å². The monoisotopic (exact) mass is 620 g/mol. The summed E-state index contributed by atoms with van der Waals surface area (Å²) in [6, 6.07) is 23.5. The molecule has 10 heteroatoms. The van der Waals surface area contributed by atoms with E-state index in [1.165, 1.54) is 49.3 Å². The molecule has 0 spiro atoms. The van der Waals surface area contributed by atoms with E-state index in [0.29, 0.717) is 6.04 Å². The standard InChI is InChI=1S/C20H18O8.C14H22N2.CH4/c1-11-3-7-13(8-4-11)19(25)27-15(17(21)22)16(18(23)24)28-20(26)14-9-5-12(2)6-10-14;1-12-8-9-16(11-14(12)15-2)10-13-6-4-3-5-7-13;/h3-10,15-16H,1-2H3,(H,21,22)(H,23,24);3-7,12,14-15H,8-11H2,1-2H3;1H4/t;12-,14?;/m.1./s1. The minimum Gasteiger partial charge on any atom is -0.478 e. The van der Waals surface area contributed by atoms with E-state index >= 15 is 0 Å². The average Bonchev–Trinajstić information content (AvgIpc) is 3.01. The molecule has 10 nitrogen and oxygen atoms in total. The second-order valence-electron chi connectivity index (χ2n) is 10.9. The van der Waals surface area contributed by atoms with Gasteiger partial charge in [-0.15, -0.1) is 0 Å². The second kappa shape index (κ2) is 17.7. The topological polar surface area (TPSA) is 142 Å². The number of hydrogen-bond acceptors (Lipinski definition) is 8. The number of rotatable bonds is 10. The second-order valence-corrected chi connectivity index (χ2v) is 10.9. The third-order valence-electron chi connectivity index (χ3n) is 7.47. The minimum absolute atomic E-state index is 0. The van der Waals surface area contributed by atoms with E-state index in [-0.39, 0.29) is 18.6 Å². The Morgan fingerprint density at radius 3 is 1.64 bits per heavy atom. The largest absolute Gasteiger partial charge is 0.478 e. The number of nitrogens with one attached hydrogen (secondary N) is 1. The van der Waals surface area contributed by atoms with Gasteiger partial charge in [0.05, 0.1) is 11.1 Å². The van der Waals surface area contributed by atoms with Crippen LogP contribution >= 0.6 is 0 Å².